The highest BCUT2D eigenvalue weighted by Crippen LogP contribution is 2.26. The maximum atomic E-state index is 13.7. The van der Waals surface area contributed by atoms with Gasteiger partial charge >= 0.3 is 5.97 Å². The van der Waals surface area contributed by atoms with Crippen LogP contribution in [0, 0.1) is 5.92 Å². The van der Waals surface area contributed by atoms with Gasteiger partial charge in [-0.1, -0.05) is 84.9 Å². The number of hydrogen-bond acceptors (Lipinski definition) is 3. The fourth-order valence-corrected chi connectivity index (χ4v) is 4.83. The van der Waals surface area contributed by atoms with Crippen molar-refractivity contribution in [3.63, 3.8) is 0 Å². The molecular weight excluding hydrogens is 450 g/mol. The van der Waals surface area contributed by atoms with Crippen molar-refractivity contribution in [2.45, 2.75) is 25.3 Å². The van der Waals surface area contributed by atoms with Crippen LogP contribution in [0.5, 0.6) is 0 Å². The van der Waals surface area contributed by atoms with Crippen molar-refractivity contribution in [1.29, 1.82) is 0 Å². The van der Waals surface area contributed by atoms with Crippen molar-refractivity contribution in [3.05, 3.63) is 114 Å². The summed E-state index contributed by atoms with van der Waals surface area (Å²) in [6.45, 7) is 0. The number of carboxylic acids is 1. The van der Waals surface area contributed by atoms with Crippen molar-refractivity contribution in [1.82, 2.24) is 15.3 Å². The van der Waals surface area contributed by atoms with Crippen LogP contribution in [-0.2, 0) is 28.9 Å². The Hall–Kier alpha value is -4.45. The average Bonchev–Trinajstić information content (AvgIpc) is 3.41. The minimum Gasteiger partial charge on any atom is -0.480 e. The van der Waals surface area contributed by atoms with E-state index in [1.54, 1.807) is 6.20 Å². The number of aromatic nitrogens is 2. The number of aromatic amines is 1. The maximum Gasteiger partial charge on any atom is 0.326 e. The lowest BCUT2D eigenvalue weighted by Gasteiger charge is -2.22. The summed E-state index contributed by atoms with van der Waals surface area (Å²) in [6, 6.07) is 27.4. The highest BCUT2D eigenvalue weighted by molar-refractivity contribution is 5.90. The van der Waals surface area contributed by atoms with Crippen LogP contribution in [0.2, 0.25) is 0 Å². The number of hydrogen-bond donors (Lipinski definition) is 3. The zero-order valence-corrected chi connectivity index (χ0v) is 19.7. The summed E-state index contributed by atoms with van der Waals surface area (Å²) in [5, 5.41) is 17.0. The Morgan fingerprint density at radius 3 is 1.86 bits per heavy atom. The fourth-order valence-electron chi connectivity index (χ4n) is 4.83. The Morgan fingerprint density at radius 1 is 0.778 bits per heavy atom. The van der Waals surface area contributed by atoms with Crippen molar-refractivity contribution < 1.29 is 14.7 Å². The van der Waals surface area contributed by atoms with Gasteiger partial charge in [-0.3, -0.25) is 4.79 Å². The third-order valence-corrected chi connectivity index (χ3v) is 6.65. The molecule has 0 aliphatic carbocycles. The number of benzene rings is 4. The Bertz CT molecular complexity index is 1420. The molecule has 5 aromatic rings. The number of carbonyl (C=O) groups is 2. The average molecular weight is 478 g/mol. The van der Waals surface area contributed by atoms with Crippen molar-refractivity contribution >= 4 is 33.4 Å². The second-order valence-corrected chi connectivity index (χ2v) is 9.05. The largest absolute Gasteiger partial charge is 0.480 e. The summed E-state index contributed by atoms with van der Waals surface area (Å²) in [4.78, 5) is 32.6. The quantitative estimate of drug-likeness (QED) is 0.281. The molecule has 180 valence electrons. The molecule has 0 saturated carbocycles. The molecule has 6 heteroatoms. The van der Waals surface area contributed by atoms with Crippen molar-refractivity contribution in [2.75, 3.05) is 0 Å². The van der Waals surface area contributed by atoms with Crippen molar-refractivity contribution in [2.24, 2.45) is 5.92 Å². The van der Waals surface area contributed by atoms with Gasteiger partial charge in [0.15, 0.2) is 0 Å². The zero-order chi connectivity index (χ0) is 24.9. The van der Waals surface area contributed by atoms with Gasteiger partial charge in [0.05, 0.1) is 12.0 Å². The van der Waals surface area contributed by atoms with Gasteiger partial charge in [0.2, 0.25) is 5.91 Å². The van der Waals surface area contributed by atoms with E-state index in [-0.39, 0.29) is 12.3 Å². The second-order valence-electron chi connectivity index (χ2n) is 9.05. The van der Waals surface area contributed by atoms with Gasteiger partial charge in [-0.25, -0.2) is 9.78 Å². The zero-order valence-electron chi connectivity index (χ0n) is 19.7. The Labute approximate surface area is 209 Å². The van der Waals surface area contributed by atoms with Gasteiger partial charge in [-0.15, -0.1) is 0 Å². The molecule has 0 saturated heterocycles. The summed E-state index contributed by atoms with van der Waals surface area (Å²) in [5.74, 6) is -1.82. The smallest absolute Gasteiger partial charge is 0.326 e. The van der Waals surface area contributed by atoms with Crippen LogP contribution in [0.3, 0.4) is 0 Å². The highest BCUT2D eigenvalue weighted by atomic mass is 16.4. The highest BCUT2D eigenvalue weighted by Gasteiger charge is 2.27. The number of rotatable bonds is 9. The number of carbonyl (C=O) groups excluding carboxylic acids is 1. The van der Waals surface area contributed by atoms with Gasteiger partial charge in [-0.05, 0) is 45.5 Å². The van der Waals surface area contributed by atoms with Crippen molar-refractivity contribution in [3.8, 4) is 0 Å². The number of nitrogens with one attached hydrogen (secondary N) is 2. The van der Waals surface area contributed by atoms with Crippen LogP contribution in [-0.4, -0.2) is 33.0 Å². The lowest BCUT2D eigenvalue weighted by Crippen LogP contribution is -2.46. The van der Waals surface area contributed by atoms with Gasteiger partial charge < -0.3 is 15.4 Å². The van der Waals surface area contributed by atoms with Crippen LogP contribution >= 0.6 is 0 Å². The molecule has 1 aromatic heterocycles. The summed E-state index contributed by atoms with van der Waals surface area (Å²) >= 11 is 0. The predicted octanol–water partition coefficient (Wildman–Crippen LogP) is 4.93. The molecule has 0 aliphatic heterocycles. The van der Waals surface area contributed by atoms with E-state index >= 15 is 0 Å². The molecule has 0 radical (unpaired) electrons. The lowest BCUT2D eigenvalue weighted by molar-refractivity contribution is -0.142. The number of nitrogens with zero attached hydrogens (tertiary/aromatic N) is 1. The number of carboxylic acid groups (broad SMARTS) is 1. The fraction of sp³-hybridized carbons (Fsp3) is 0.167. The minimum atomic E-state index is -1.08. The number of amides is 1. The summed E-state index contributed by atoms with van der Waals surface area (Å²) in [6.07, 6.45) is 4.24. The van der Waals surface area contributed by atoms with E-state index in [9.17, 15) is 14.7 Å². The Morgan fingerprint density at radius 2 is 1.33 bits per heavy atom. The molecular formula is C30H27N3O3. The SMILES string of the molecule is O=C(NC(Cc1c[nH]cn1)C(=O)O)C(Cc1cccc2ccccc12)Cc1cccc2ccccc12. The molecule has 4 aromatic carbocycles. The number of imidazole rings is 1. The standard InChI is InChI=1S/C30H27N3O3/c34-29(33-28(30(35)36)17-25-18-31-19-32-25)24(15-22-11-5-9-20-7-1-3-13-26(20)22)16-23-12-6-10-21-8-2-4-14-27(21)23/h1-14,18-19,24,28H,15-17H2,(H,31,32)(H,33,34)(H,35,36). The molecule has 3 N–H and O–H groups in total. The first-order chi connectivity index (χ1) is 17.6. The molecule has 0 bridgehead atoms. The molecule has 1 atom stereocenters. The first kappa shape index (κ1) is 23.3. The molecule has 0 aliphatic rings. The van der Waals surface area contributed by atoms with Crippen LogP contribution in [0.15, 0.2) is 97.5 Å². The van der Waals surface area contributed by atoms with Gasteiger partial charge in [-0.2, -0.15) is 0 Å². The minimum absolute atomic E-state index is 0.111. The maximum absolute atomic E-state index is 13.7. The van der Waals surface area contributed by atoms with Crippen LogP contribution in [0.4, 0.5) is 0 Å². The molecule has 36 heavy (non-hydrogen) atoms. The number of aliphatic carboxylic acids is 1. The summed E-state index contributed by atoms with van der Waals surface area (Å²) in [7, 11) is 0. The van der Waals surface area contributed by atoms with E-state index in [0.29, 0.717) is 18.5 Å². The Kier molecular flexibility index (Phi) is 6.76. The number of fused-ring (bicyclic) bond motifs is 2. The Balaban J connectivity index is 1.48. The van der Waals surface area contributed by atoms with E-state index in [0.717, 1.165) is 32.7 Å². The first-order valence-corrected chi connectivity index (χ1v) is 12.0. The molecule has 0 spiro atoms. The van der Waals surface area contributed by atoms with Crippen LogP contribution in [0.25, 0.3) is 21.5 Å². The first-order valence-electron chi connectivity index (χ1n) is 12.0. The van der Waals surface area contributed by atoms with E-state index in [4.69, 9.17) is 0 Å². The summed E-state index contributed by atoms with van der Waals surface area (Å²) < 4.78 is 0. The van der Waals surface area contributed by atoms with Gasteiger partial charge in [0, 0.05) is 18.5 Å². The molecule has 0 fully saturated rings. The van der Waals surface area contributed by atoms with E-state index in [1.165, 1.54) is 6.33 Å². The molecule has 1 amide bonds. The van der Waals surface area contributed by atoms with Gasteiger partial charge in [0.1, 0.15) is 6.04 Å². The second kappa shape index (κ2) is 10.4. The third kappa shape index (κ3) is 5.13. The topological polar surface area (TPSA) is 95.1 Å². The summed E-state index contributed by atoms with van der Waals surface area (Å²) in [5.41, 5.74) is 2.71. The normalized spacial score (nSPS) is 12.1. The lowest BCUT2D eigenvalue weighted by atomic mass is 9.87. The molecule has 1 unspecified atom stereocenters. The number of H-pyrrole nitrogens is 1. The molecule has 5 rings (SSSR count). The monoisotopic (exact) mass is 477 g/mol. The predicted molar refractivity (Wildman–Crippen MR) is 141 cm³/mol. The third-order valence-electron chi connectivity index (χ3n) is 6.65. The van der Waals surface area contributed by atoms with Crippen LogP contribution in [0.1, 0.15) is 16.8 Å². The van der Waals surface area contributed by atoms with Crippen LogP contribution < -0.4 is 5.32 Å². The molecule has 6 nitrogen and oxygen atoms in total. The van der Waals surface area contributed by atoms with E-state index < -0.39 is 17.9 Å². The molecule has 1 heterocycles. The van der Waals surface area contributed by atoms with E-state index in [2.05, 4.69) is 51.7 Å². The van der Waals surface area contributed by atoms with Gasteiger partial charge in [0.25, 0.3) is 0 Å². The van der Waals surface area contributed by atoms with E-state index in [1.807, 2.05) is 48.5 Å².